The van der Waals surface area contributed by atoms with Gasteiger partial charge in [-0.05, 0) is 59.3 Å². The van der Waals surface area contributed by atoms with Gasteiger partial charge in [0.1, 0.15) is 17.5 Å². The molecule has 0 bridgehead atoms. The van der Waals surface area contributed by atoms with E-state index < -0.39 is 11.7 Å². The van der Waals surface area contributed by atoms with Crippen molar-refractivity contribution in [1.29, 1.82) is 0 Å². The van der Waals surface area contributed by atoms with Crippen LogP contribution >= 0.6 is 0 Å². The molecule has 0 unspecified atom stereocenters. The van der Waals surface area contributed by atoms with Crippen LogP contribution in [0.4, 0.5) is 11.8 Å². The second-order valence-electron chi connectivity index (χ2n) is 9.45. The lowest BCUT2D eigenvalue weighted by Crippen LogP contribution is -2.41. The summed E-state index contributed by atoms with van der Waals surface area (Å²) in [5.74, 6) is 0.852. The number of esters is 1. The third-order valence-corrected chi connectivity index (χ3v) is 5.78. The lowest BCUT2D eigenvalue weighted by atomic mass is 9.76. The van der Waals surface area contributed by atoms with E-state index in [1.807, 2.05) is 20.8 Å². The van der Waals surface area contributed by atoms with Gasteiger partial charge >= 0.3 is 5.97 Å². The van der Waals surface area contributed by atoms with E-state index in [0.29, 0.717) is 11.7 Å². The van der Waals surface area contributed by atoms with Crippen molar-refractivity contribution in [3.8, 4) is 5.88 Å². The first-order valence-corrected chi connectivity index (χ1v) is 10.5. The molecule has 166 valence electrons. The quantitative estimate of drug-likeness (QED) is 0.687. The molecule has 2 atom stereocenters. The van der Waals surface area contributed by atoms with E-state index in [1.54, 1.807) is 13.0 Å². The van der Waals surface area contributed by atoms with Crippen LogP contribution < -0.4 is 20.7 Å². The van der Waals surface area contributed by atoms with Gasteiger partial charge in [-0.1, -0.05) is 0 Å². The summed E-state index contributed by atoms with van der Waals surface area (Å²) in [6.45, 7) is 11.2. The van der Waals surface area contributed by atoms with Crippen LogP contribution in [-0.2, 0) is 14.3 Å². The second kappa shape index (κ2) is 8.37. The number of ether oxygens (including phenoxy) is 2. The standard InChI is InChI=1S/C21H33N5O4/c1-13(27)14(2)29-17-10-16(24-19(22)25-17)26-8-6-21(7-9-26)11-15(23-12-21)18(28)30-20(3,4)5/h10,14-15,23H,6-9,11-12H2,1-5H3,(H2,22,24,25)/t14-,15-/m0/s1. The Morgan fingerprint density at radius 2 is 1.97 bits per heavy atom. The molecular weight excluding hydrogens is 386 g/mol. The van der Waals surface area contributed by atoms with E-state index in [2.05, 4.69) is 20.2 Å². The summed E-state index contributed by atoms with van der Waals surface area (Å²) < 4.78 is 11.1. The van der Waals surface area contributed by atoms with Crippen molar-refractivity contribution in [2.24, 2.45) is 5.41 Å². The molecule has 2 saturated heterocycles. The van der Waals surface area contributed by atoms with Crippen molar-refractivity contribution >= 4 is 23.5 Å². The number of Topliss-reactive ketones (excluding diaryl/α,β-unsaturated/α-hetero) is 1. The van der Waals surface area contributed by atoms with Crippen LogP contribution in [-0.4, -0.2) is 59.1 Å². The number of hydrogen-bond acceptors (Lipinski definition) is 9. The molecule has 2 fully saturated rings. The Hall–Kier alpha value is -2.42. The van der Waals surface area contributed by atoms with Crippen molar-refractivity contribution < 1.29 is 19.1 Å². The summed E-state index contributed by atoms with van der Waals surface area (Å²) in [6, 6.07) is 1.48. The average Bonchev–Trinajstić information content (AvgIpc) is 3.04. The Labute approximate surface area is 177 Å². The van der Waals surface area contributed by atoms with E-state index in [9.17, 15) is 9.59 Å². The summed E-state index contributed by atoms with van der Waals surface area (Å²) in [7, 11) is 0. The first-order valence-electron chi connectivity index (χ1n) is 10.5. The van der Waals surface area contributed by atoms with Crippen LogP contribution in [0.5, 0.6) is 5.88 Å². The SMILES string of the molecule is CC(=O)[C@H](C)Oc1cc(N2CCC3(CC2)CN[C@H](C(=O)OC(C)(C)C)C3)nc(N)n1. The molecule has 1 aromatic heterocycles. The largest absolute Gasteiger partial charge is 0.466 e. The molecule has 2 aliphatic rings. The molecule has 1 spiro atoms. The van der Waals surface area contributed by atoms with Gasteiger partial charge in [0, 0.05) is 25.7 Å². The molecule has 9 nitrogen and oxygen atoms in total. The maximum absolute atomic E-state index is 12.4. The van der Waals surface area contributed by atoms with Gasteiger partial charge in [0.15, 0.2) is 11.9 Å². The molecule has 0 saturated carbocycles. The maximum Gasteiger partial charge on any atom is 0.323 e. The minimum absolute atomic E-state index is 0.0816. The van der Waals surface area contributed by atoms with Crippen LogP contribution in [0.15, 0.2) is 6.07 Å². The normalized spacial score (nSPS) is 22.0. The number of rotatable bonds is 5. The van der Waals surface area contributed by atoms with Gasteiger partial charge in [0.25, 0.3) is 0 Å². The smallest absolute Gasteiger partial charge is 0.323 e. The van der Waals surface area contributed by atoms with E-state index >= 15 is 0 Å². The monoisotopic (exact) mass is 419 g/mol. The highest BCUT2D eigenvalue weighted by atomic mass is 16.6. The van der Waals surface area contributed by atoms with Crippen LogP contribution in [0.2, 0.25) is 0 Å². The number of ketones is 1. The van der Waals surface area contributed by atoms with Gasteiger partial charge < -0.3 is 25.4 Å². The van der Waals surface area contributed by atoms with Gasteiger partial charge in [-0.2, -0.15) is 9.97 Å². The Morgan fingerprint density at radius 3 is 2.57 bits per heavy atom. The zero-order chi connectivity index (χ0) is 22.1. The number of nitrogens with zero attached hydrogens (tertiary/aromatic N) is 3. The van der Waals surface area contributed by atoms with Crippen molar-refractivity contribution in [3.63, 3.8) is 0 Å². The van der Waals surface area contributed by atoms with Crippen LogP contribution in [0.1, 0.15) is 53.9 Å². The maximum atomic E-state index is 12.4. The summed E-state index contributed by atoms with van der Waals surface area (Å²) in [6.07, 6.45) is 2.06. The van der Waals surface area contributed by atoms with Gasteiger partial charge in [-0.15, -0.1) is 0 Å². The predicted octanol–water partition coefficient (Wildman–Crippen LogP) is 1.71. The van der Waals surface area contributed by atoms with Crippen molar-refractivity contribution in [2.75, 3.05) is 30.3 Å². The fourth-order valence-corrected chi connectivity index (χ4v) is 3.96. The van der Waals surface area contributed by atoms with Crippen molar-refractivity contribution in [3.05, 3.63) is 6.07 Å². The highest BCUT2D eigenvalue weighted by Crippen LogP contribution is 2.40. The van der Waals surface area contributed by atoms with Crippen molar-refractivity contribution in [2.45, 2.75) is 71.6 Å². The minimum atomic E-state index is -0.592. The highest BCUT2D eigenvalue weighted by Gasteiger charge is 2.44. The first kappa shape index (κ1) is 22.3. The van der Waals surface area contributed by atoms with Crippen LogP contribution in [0, 0.1) is 5.41 Å². The van der Waals surface area contributed by atoms with E-state index in [4.69, 9.17) is 15.2 Å². The zero-order valence-corrected chi connectivity index (χ0v) is 18.5. The Bertz CT molecular complexity index is 799. The van der Waals surface area contributed by atoms with Gasteiger partial charge in [0.2, 0.25) is 11.8 Å². The lowest BCUT2D eigenvalue weighted by molar-refractivity contribution is -0.157. The third kappa shape index (κ3) is 5.38. The lowest BCUT2D eigenvalue weighted by Gasteiger charge is -2.39. The Morgan fingerprint density at radius 1 is 1.30 bits per heavy atom. The number of nitrogen functional groups attached to an aromatic ring is 1. The summed E-state index contributed by atoms with van der Waals surface area (Å²) in [4.78, 5) is 34.5. The van der Waals surface area contributed by atoms with Crippen LogP contribution in [0.3, 0.4) is 0 Å². The Kier molecular flexibility index (Phi) is 6.21. The number of hydrogen-bond donors (Lipinski definition) is 2. The molecule has 0 aliphatic carbocycles. The third-order valence-electron chi connectivity index (χ3n) is 5.78. The van der Waals surface area contributed by atoms with Gasteiger partial charge in [-0.25, -0.2) is 0 Å². The first-order chi connectivity index (χ1) is 14.0. The fraction of sp³-hybridized carbons (Fsp3) is 0.714. The molecule has 2 aliphatic heterocycles. The van der Waals surface area contributed by atoms with E-state index in [0.717, 1.165) is 38.9 Å². The number of nitrogens with one attached hydrogen (secondary N) is 1. The Balaban J connectivity index is 1.61. The molecule has 3 N–H and O–H groups in total. The van der Waals surface area contributed by atoms with Gasteiger partial charge in [-0.3, -0.25) is 9.59 Å². The van der Waals surface area contributed by atoms with Gasteiger partial charge in [0.05, 0.1) is 0 Å². The highest BCUT2D eigenvalue weighted by molar-refractivity contribution is 5.80. The molecular formula is C21H33N5O4. The number of carbonyl (C=O) groups excluding carboxylic acids is 2. The number of carbonyl (C=O) groups is 2. The molecule has 9 heteroatoms. The molecule has 0 aromatic carbocycles. The number of aromatic nitrogens is 2. The second-order valence-corrected chi connectivity index (χ2v) is 9.45. The molecule has 0 amide bonds. The molecule has 3 rings (SSSR count). The number of anilines is 2. The number of piperidine rings is 1. The summed E-state index contributed by atoms with van der Waals surface area (Å²) >= 11 is 0. The topological polar surface area (TPSA) is 120 Å². The zero-order valence-electron chi connectivity index (χ0n) is 18.5. The van der Waals surface area contributed by atoms with Crippen molar-refractivity contribution in [1.82, 2.24) is 15.3 Å². The predicted molar refractivity (Wildman–Crippen MR) is 113 cm³/mol. The average molecular weight is 420 g/mol. The van der Waals surface area contributed by atoms with E-state index in [1.165, 1.54) is 6.92 Å². The molecule has 30 heavy (non-hydrogen) atoms. The fourth-order valence-electron chi connectivity index (χ4n) is 3.96. The van der Waals surface area contributed by atoms with E-state index in [-0.39, 0.29) is 29.2 Å². The summed E-state index contributed by atoms with van der Waals surface area (Å²) in [5.41, 5.74) is 5.46. The number of nitrogens with two attached hydrogens (primary N) is 1. The molecule has 3 heterocycles. The molecule has 1 aromatic rings. The summed E-state index contributed by atoms with van der Waals surface area (Å²) in [5, 5.41) is 3.35. The minimum Gasteiger partial charge on any atom is -0.466 e. The van der Waals surface area contributed by atoms with Crippen LogP contribution in [0.25, 0.3) is 0 Å². The molecule has 0 radical (unpaired) electrons.